The van der Waals surface area contributed by atoms with Gasteiger partial charge in [-0.05, 0) is 22.4 Å². The molecule has 2 aromatic carbocycles. The number of carbonyl (C=O) groups is 1. The van der Waals surface area contributed by atoms with Gasteiger partial charge in [0.1, 0.15) is 5.69 Å². The molecule has 0 aliphatic rings. The number of nitrogens with one attached hydrogen (secondary N) is 1. The summed E-state index contributed by atoms with van der Waals surface area (Å²) in [7, 11) is 1.78. The van der Waals surface area contributed by atoms with E-state index in [0.717, 1.165) is 16.3 Å². The third kappa shape index (κ3) is 3.12. The zero-order valence-corrected chi connectivity index (χ0v) is 13.5. The summed E-state index contributed by atoms with van der Waals surface area (Å²) in [6.45, 7) is 0. The van der Waals surface area contributed by atoms with Crippen molar-refractivity contribution in [2.75, 3.05) is 5.32 Å². The molecule has 0 aliphatic heterocycles. The number of rotatable bonds is 4. The normalized spacial score (nSPS) is 10.9. The van der Waals surface area contributed by atoms with Gasteiger partial charge < -0.3 is 4.42 Å². The van der Waals surface area contributed by atoms with Crippen LogP contribution in [0.3, 0.4) is 0 Å². The molecule has 0 radical (unpaired) electrons. The summed E-state index contributed by atoms with van der Waals surface area (Å²) >= 11 is 0. The number of aromatic nitrogens is 4. The average Bonchev–Trinajstić information content (AvgIpc) is 3.23. The second-order valence-electron chi connectivity index (χ2n) is 5.66. The van der Waals surface area contributed by atoms with Gasteiger partial charge in [0, 0.05) is 13.2 Å². The molecule has 0 spiro atoms. The predicted octanol–water partition coefficient (Wildman–Crippen LogP) is 2.80. The van der Waals surface area contributed by atoms with Crippen LogP contribution in [-0.4, -0.2) is 25.9 Å². The fourth-order valence-corrected chi connectivity index (χ4v) is 2.66. The number of hydrogen-bond donors (Lipinski definition) is 1. The lowest BCUT2D eigenvalue weighted by Gasteiger charge is -2.03. The van der Waals surface area contributed by atoms with Crippen molar-refractivity contribution in [2.45, 2.75) is 6.42 Å². The third-order valence-electron chi connectivity index (χ3n) is 3.89. The molecule has 25 heavy (non-hydrogen) atoms. The first kappa shape index (κ1) is 15.1. The molecule has 2 heterocycles. The fraction of sp³-hybridized carbons (Fsp3) is 0.111. The van der Waals surface area contributed by atoms with E-state index in [2.05, 4.69) is 20.6 Å². The van der Waals surface area contributed by atoms with Gasteiger partial charge in [0.05, 0.1) is 6.42 Å². The molecule has 0 fully saturated rings. The Balaban J connectivity index is 1.46. The first-order valence-corrected chi connectivity index (χ1v) is 7.78. The van der Waals surface area contributed by atoms with Gasteiger partial charge in [-0.15, -0.1) is 5.10 Å². The van der Waals surface area contributed by atoms with Crippen LogP contribution in [0.5, 0.6) is 0 Å². The standard InChI is InChI=1S/C18H15N5O2/c1-23-15(8-9-19-23)17-21-22-18(25-17)20-16(24)11-12-6-7-13-4-2-3-5-14(13)10-12/h2-10H,11H2,1H3,(H,20,22,24). The number of anilines is 1. The molecule has 0 bridgehead atoms. The average molecular weight is 333 g/mol. The van der Waals surface area contributed by atoms with Crippen LogP contribution in [-0.2, 0) is 18.3 Å². The topological polar surface area (TPSA) is 85.8 Å². The molecule has 1 amide bonds. The zero-order chi connectivity index (χ0) is 17.2. The molecule has 4 rings (SSSR count). The molecular weight excluding hydrogens is 318 g/mol. The Bertz CT molecular complexity index is 1050. The largest absolute Gasteiger partial charge is 0.401 e. The third-order valence-corrected chi connectivity index (χ3v) is 3.89. The van der Waals surface area contributed by atoms with E-state index in [0.29, 0.717) is 11.6 Å². The van der Waals surface area contributed by atoms with Gasteiger partial charge in [0.15, 0.2) is 0 Å². The molecular formula is C18H15N5O2. The quantitative estimate of drug-likeness (QED) is 0.620. The SMILES string of the molecule is Cn1nccc1-c1nnc(NC(=O)Cc2ccc3ccccc3c2)o1. The Morgan fingerprint density at radius 2 is 1.96 bits per heavy atom. The minimum absolute atomic E-state index is 0.0713. The predicted molar refractivity (Wildman–Crippen MR) is 92.8 cm³/mol. The van der Waals surface area contributed by atoms with Crippen LogP contribution in [0.4, 0.5) is 6.01 Å². The number of benzene rings is 2. The summed E-state index contributed by atoms with van der Waals surface area (Å²) in [4.78, 5) is 12.2. The Morgan fingerprint density at radius 3 is 2.76 bits per heavy atom. The van der Waals surface area contributed by atoms with Crippen molar-refractivity contribution in [3.63, 3.8) is 0 Å². The van der Waals surface area contributed by atoms with Crippen molar-refractivity contribution in [3.05, 3.63) is 60.3 Å². The lowest BCUT2D eigenvalue weighted by Crippen LogP contribution is -2.14. The van der Waals surface area contributed by atoms with Crippen LogP contribution >= 0.6 is 0 Å². The maximum Gasteiger partial charge on any atom is 0.322 e. The van der Waals surface area contributed by atoms with Crippen molar-refractivity contribution in [2.24, 2.45) is 7.05 Å². The molecule has 0 unspecified atom stereocenters. The van der Waals surface area contributed by atoms with E-state index < -0.39 is 0 Å². The van der Waals surface area contributed by atoms with Crippen molar-refractivity contribution in [1.29, 1.82) is 0 Å². The zero-order valence-electron chi connectivity index (χ0n) is 13.5. The molecule has 0 atom stereocenters. The molecule has 0 saturated carbocycles. The smallest absolute Gasteiger partial charge is 0.322 e. The number of aryl methyl sites for hydroxylation is 1. The van der Waals surface area contributed by atoms with E-state index in [1.807, 2.05) is 42.5 Å². The molecule has 4 aromatic rings. The number of carbonyl (C=O) groups excluding carboxylic acids is 1. The lowest BCUT2D eigenvalue weighted by molar-refractivity contribution is -0.115. The van der Waals surface area contributed by atoms with E-state index in [4.69, 9.17) is 4.42 Å². The molecule has 7 heteroatoms. The van der Waals surface area contributed by atoms with Gasteiger partial charge >= 0.3 is 6.01 Å². The molecule has 0 aliphatic carbocycles. The number of nitrogens with zero attached hydrogens (tertiary/aromatic N) is 4. The molecule has 124 valence electrons. The minimum atomic E-state index is -0.213. The van der Waals surface area contributed by atoms with Crippen molar-refractivity contribution in [3.8, 4) is 11.6 Å². The van der Waals surface area contributed by atoms with Crippen molar-refractivity contribution < 1.29 is 9.21 Å². The van der Waals surface area contributed by atoms with Gasteiger partial charge in [-0.3, -0.25) is 14.8 Å². The van der Waals surface area contributed by atoms with Crippen molar-refractivity contribution in [1.82, 2.24) is 20.0 Å². The minimum Gasteiger partial charge on any atom is -0.401 e. The summed E-state index contributed by atoms with van der Waals surface area (Å²) in [5, 5.41) is 16.7. The number of fused-ring (bicyclic) bond motifs is 1. The van der Waals surface area contributed by atoms with Crippen LogP contribution in [0.15, 0.2) is 59.1 Å². The highest BCUT2D eigenvalue weighted by Crippen LogP contribution is 2.19. The van der Waals surface area contributed by atoms with Gasteiger partial charge in [-0.2, -0.15) is 5.10 Å². The molecule has 1 N–H and O–H groups in total. The first-order valence-electron chi connectivity index (χ1n) is 7.78. The summed E-state index contributed by atoms with van der Waals surface area (Å²) in [5.74, 6) is 0.0940. The lowest BCUT2D eigenvalue weighted by atomic mass is 10.1. The van der Waals surface area contributed by atoms with E-state index in [1.165, 1.54) is 0 Å². The molecule has 0 saturated heterocycles. The second-order valence-corrected chi connectivity index (χ2v) is 5.66. The Morgan fingerprint density at radius 1 is 1.12 bits per heavy atom. The van der Waals surface area contributed by atoms with Gasteiger partial charge in [0.25, 0.3) is 5.89 Å². The molecule has 2 aromatic heterocycles. The van der Waals surface area contributed by atoms with E-state index in [-0.39, 0.29) is 18.3 Å². The maximum absolute atomic E-state index is 12.2. The van der Waals surface area contributed by atoms with E-state index >= 15 is 0 Å². The Kier molecular flexibility index (Phi) is 3.74. The number of hydrogen-bond acceptors (Lipinski definition) is 5. The van der Waals surface area contributed by atoms with E-state index in [9.17, 15) is 4.79 Å². The second kappa shape index (κ2) is 6.20. The highest BCUT2D eigenvalue weighted by molar-refractivity contribution is 5.91. The highest BCUT2D eigenvalue weighted by atomic mass is 16.4. The number of amides is 1. The van der Waals surface area contributed by atoms with Crippen LogP contribution in [0, 0.1) is 0 Å². The van der Waals surface area contributed by atoms with Gasteiger partial charge in [-0.1, -0.05) is 47.6 Å². The summed E-state index contributed by atoms with van der Waals surface area (Å²) < 4.78 is 7.09. The Hall–Kier alpha value is -3.48. The monoisotopic (exact) mass is 333 g/mol. The van der Waals surface area contributed by atoms with Gasteiger partial charge in [0.2, 0.25) is 5.91 Å². The van der Waals surface area contributed by atoms with Crippen molar-refractivity contribution >= 4 is 22.7 Å². The van der Waals surface area contributed by atoms with E-state index in [1.54, 1.807) is 24.0 Å². The fourth-order valence-electron chi connectivity index (χ4n) is 2.66. The van der Waals surface area contributed by atoms with Crippen LogP contribution in [0.1, 0.15) is 5.56 Å². The summed E-state index contributed by atoms with van der Waals surface area (Å²) in [5.41, 5.74) is 1.60. The van der Waals surface area contributed by atoms with Gasteiger partial charge in [-0.25, -0.2) is 0 Å². The first-order chi connectivity index (χ1) is 12.2. The molecule has 7 nitrogen and oxygen atoms in total. The maximum atomic E-state index is 12.2. The summed E-state index contributed by atoms with van der Waals surface area (Å²) in [6, 6.07) is 15.8. The van der Waals surface area contributed by atoms with Crippen LogP contribution < -0.4 is 5.32 Å². The summed E-state index contributed by atoms with van der Waals surface area (Å²) in [6.07, 6.45) is 1.87. The van der Waals surface area contributed by atoms with Crippen LogP contribution in [0.25, 0.3) is 22.4 Å². The van der Waals surface area contributed by atoms with Crippen LogP contribution in [0.2, 0.25) is 0 Å². The highest BCUT2D eigenvalue weighted by Gasteiger charge is 2.14. The Labute approximate surface area is 143 Å².